The lowest BCUT2D eigenvalue weighted by atomic mass is 9.80. The van der Waals surface area contributed by atoms with Gasteiger partial charge in [-0.05, 0) is 23.3 Å². The fourth-order valence-corrected chi connectivity index (χ4v) is 1.98. The van der Waals surface area contributed by atoms with Gasteiger partial charge in [-0.25, -0.2) is 0 Å². The summed E-state index contributed by atoms with van der Waals surface area (Å²) in [4.78, 5) is 10.9. The van der Waals surface area contributed by atoms with Crippen molar-refractivity contribution in [2.24, 2.45) is 5.41 Å². The standard InChI is InChI=1S/C14H20O2/c1-14(2,3)10-12(9-13(15)16)11-7-5-4-6-8-11/h4-8,12H,9-10H2,1-3H3,(H,15,16). The molecule has 2 heteroatoms. The SMILES string of the molecule is CC(C)(C)CC(CC(=O)O)c1ccccc1. The molecule has 0 heterocycles. The molecular weight excluding hydrogens is 200 g/mol. The molecular formula is C14H20O2. The van der Waals surface area contributed by atoms with E-state index in [0.29, 0.717) is 0 Å². The summed E-state index contributed by atoms with van der Waals surface area (Å²) in [5.74, 6) is -0.614. The number of carboxylic acid groups (broad SMARTS) is 1. The molecule has 1 N–H and O–H groups in total. The van der Waals surface area contributed by atoms with Gasteiger partial charge in [-0.15, -0.1) is 0 Å². The van der Waals surface area contributed by atoms with Crippen LogP contribution in [-0.2, 0) is 4.79 Å². The molecule has 2 nitrogen and oxygen atoms in total. The molecule has 16 heavy (non-hydrogen) atoms. The Morgan fingerprint density at radius 2 is 1.81 bits per heavy atom. The van der Waals surface area contributed by atoms with Gasteiger partial charge < -0.3 is 5.11 Å². The molecule has 0 aromatic heterocycles. The van der Waals surface area contributed by atoms with E-state index in [-0.39, 0.29) is 17.8 Å². The monoisotopic (exact) mass is 220 g/mol. The van der Waals surface area contributed by atoms with Crippen molar-refractivity contribution in [3.8, 4) is 0 Å². The number of aliphatic carboxylic acids is 1. The van der Waals surface area contributed by atoms with Crippen molar-refractivity contribution in [3.63, 3.8) is 0 Å². The molecule has 0 saturated heterocycles. The van der Waals surface area contributed by atoms with E-state index >= 15 is 0 Å². The third-order valence-corrected chi connectivity index (χ3v) is 2.55. The normalized spacial score (nSPS) is 13.4. The summed E-state index contributed by atoms with van der Waals surface area (Å²) in [6, 6.07) is 9.91. The molecule has 1 aromatic rings. The van der Waals surface area contributed by atoms with E-state index in [1.807, 2.05) is 30.3 Å². The van der Waals surface area contributed by atoms with Gasteiger partial charge in [-0.1, -0.05) is 51.1 Å². The van der Waals surface area contributed by atoms with Crippen molar-refractivity contribution in [2.75, 3.05) is 0 Å². The molecule has 0 aliphatic carbocycles. The zero-order chi connectivity index (χ0) is 12.2. The number of carbonyl (C=O) groups is 1. The van der Waals surface area contributed by atoms with Gasteiger partial charge in [0.15, 0.2) is 0 Å². The summed E-state index contributed by atoms with van der Waals surface area (Å²) in [5, 5.41) is 8.94. The highest BCUT2D eigenvalue weighted by molar-refractivity contribution is 5.68. The topological polar surface area (TPSA) is 37.3 Å². The third-order valence-electron chi connectivity index (χ3n) is 2.55. The Morgan fingerprint density at radius 3 is 2.25 bits per heavy atom. The zero-order valence-electron chi connectivity index (χ0n) is 10.2. The van der Waals surface area contributed by atoms with E-state index in [1.165, 1.54) is 0 Å². The number of benzene rings is 1. The Morgan fingerprint density at radius 1 is 1.25 bits per heavy atom. The van der Waals surface area contributed by atoms with Crippen molar-refractivity contribution in [1.82, 2.24) is 0 Å². The van der Waals surface area contributed by atoms with Crippen LogP contribution in [0.1, 0.15) is 45.1 Å². The molecule has 1 unspecified atom stereocenters. The molecule has 0 fully saturated rings. The maximum atomic E-state index is 10.9. The number of rotatable bonds is 4. The average molecular weight is 220 g/mol. The van der Waals surface area contributed by atoms with Crippen LogP contribution in [0.4, 0.5) is 0 Å². The molecule has 0 bridgehead atoms. The Balaban J connectivity index is 2.84. The highest BCUT2D eigenvalue weighted by atomic mass is 16.4. The second-order valence-electron chi connectivity index (χ2n) is 5.47. The fourth-order valence-electron chi connectivity index (χ4n) is 1.98. The second-order valence-corrected chi connectivity index (χ2v) is 5.47. The Labute approximate surface area is 97.3 Å². The first-order valence-corrected chi connectivity index (χ1v) is 5.65. The van der Waals surface area contributed by atoms with Gasteiger partial charge in [-0.3, -0.25) is 4.79 Å². The summed E-state index contributed by atoms with van der Waals surface area (Å²) in [6.07, 6.45) is 1.10. The summed E-state index contributed by atoms with van der Waals surface area (Å²) in [5.41, 5.74) is 1.27. The van der Waals surface area contributed by atoms with Gasteiger partial charge in [0, 0.05) is 0 Å². The number of carboxylic acids is 1. The minimum atomic E-state index is -0.724. The number of hydrogen-bond acceptors (Lipinski definition) is 1. The van der Waals surface area contributed by atoms with E-state index in [9.17, 15) is 4.79 Å². The van der Waals surface area contributed by atoms with E-state index in [1.54, 1.807) is 0 Å². The van der Waals surface area contributed by atoms with Gasteiger partial charge in [0.1, 0.15) is 0 Å². The summed E-state index contributed by atoms with van der Waals surface area (Å²) in [6.45, 7) is 6.43. The summed E-state index contributed by atoms with van der Waals surface area (Å²) < 4.78 is 0. The molecule has 1 rings (SSSR count). The lowest BCUT2D eigenvalue weighted by molar-refractivity contribution is -0.137. The lowest BCUT2D eigenvalue weighted by Crippen LogP contribution is -2.15. The number of hydrogen-bond donors (Lipinski definition) is 1. The van der Waals surface area contributed by atoms with Crippen LogP contribution in [0.3, 0.4) is 0 Å². The second kappa shape index (κ2) is 5.15. The minimum absolute atomic E-state index is 0.110. The maximum Gasteiger partial charge on any atom is 0.303 e. The summed E-state index contributed by atoms with van der Waals surface area (Å²) >= 11 is 0. The molecule has 0 saturated carbocycles. The van der Waals surface area contributed by atoms with Crippen LogP contribution < -0.4 is 0 Å². The van der Waals surface area contributed by atoms with Crippen LogP contribution >= 0.6 is 0 Å². The van der Waals surface area contributed by atoms with Gasteiger partial charge in [0.2, 0.25) is 0 Å². The highest BCUT2D eigenvalue weighted by Crippen LogP contribution is 2.33. The van der Waals surface area contributed by atoms with E-state index in [4.69, 9.17) is 5.11 Å². The van der Waals surface area contributed by atoms with Crippen molar-refractivity contribution < 1.29 is 9.90 Å². The van der Waals surface area contributed by atoms with Crippen LogP contribution in [0.15, 0.2) is 30.3 Å². The fraction of sp³-hybridized carbons (Fsp3) is 0.500. The molecule has 0 aliphatic rings. The van der Waals surface area contributed by atoms with Crippen molar-refractivity contribution in [2.45, 2.75) is 39.5 Å². The van der Waals surface area contributed by atoms with E-state index < -0.39 is 5.97 Å². The smallest absolute Gasteiger partial charge is 0.303 e. The van der Waals surface area contributed by atoms with E-state index in [0.717, 1.165) is 12.0 Å². The largest absolute Gasteiger partial charge is 0.481 e. The Bertz CT molecular complexity index is 336. The van der Waals surface area contributed by atoms with E-state index in [2.05, 4.69) is 20.8 Å². The first-order valence-electron chi connectivity index (χ1n) is 5.65. The lowest BCUT2D eigenvalue weighted by Gasteiger charge is -2.25. The molecule has 0 radical (unpaired) electrons. The first kappa shape index (κ1) is 12.8. The molecule has 88 valence electrons. The average Bonchev–Trinajstić information content (AvgIpc) is 2.15. The molecule has 1 aromatic carbocycles. The zero-order valence-corrected chi connectivity index (χ0v) is 10.2. The quantitative estimate of drug-likeness (QED) is 0.840. The van der Waals surface area contributed by atoms with Gasteiger partial charge in [0.25, 0.3) is 0 Å². The predicted octanol–water partition coefficient (Wildman–Crippen LogP) is 3.68. The molecule has 0 aliphatic heterocycles. The van der Waals surface area contributed by atoms with Crippen molar-refractivity contribution >= 4 is 5.97 Å². The van der Waals surface area contributed by atoms with Crippen LogP contribution in [0.2, 0.25) is 0 Å². The van der Waals surface area contributed by atoms with Crippen LogP contribution in [-0.4, -0.2) is 11.1 Å². The highest BCUT2D eigenvalue weighted by Gasteiger charge is 2.22. The van der Waals surface area contributed by atoms with Crippen molar-refractivity contribution in [1.29, 1.82) is 0 Å². The van der Waals surface area contributed by atoms with Gasteiger partial charge >= 0.3 is 5.97 Å². The first-order chi connectivity index (χ1) is 7.38. The molecule has 0 amide bonds. The van der Waals surface area contributed by atoms with Gasteiger partial charge in [0.05, 0.1) is 6.42 Å². The van der Waals surface area contributed by atoms with Crippen molar-refractivity contribution in [3.05, 3.63) is 35.9 Å². The maximum absolute atomic E-state index is 10.9. The van der Waals surface area contributed by atoms with Crippen LogP contribution in [0.25, 0.3) is 0 Å². The minimum Gasteiger partial charge on any atom is -0.481 e. The van der Waals surface area contributed by atoms with Crippen LogP contribution in [0, 0.1) is 5.41 Å². The summed E-state index contributed by atoms with van der Waals surface area (Å²) in [7, 11) is 0. The van der Waals surface area contributed by atoms with Crippen LogP contribution in [0.5, 0.6) is 0 Å². The third kappa shape index (κ3) is 4.47. The van der Waals surface area contributed by atoms with Gasteiger partial charge in [-0.2, -0.15) is 0 Å². The Kier molecular flexibility index (Phi) is 4.11. The Hall–Kier alpha value is -1.31. The predicted molar refractivity (Wildman–Crippen MR) is 65.5 cm³/mol. The molecule has 1 atom stereocenters. The molecule has 0 spiro atoms.